The van der Waals surface area contributed by atoms with Crippen LogP contribution in [0.25, 0.3) is 0 Å². The maximum Gasteiger partial charge on any atom is 0.0500 e. The smallest absolute Gasteiger partial charge is 0.0500 e. The first-order chi connectivity index (χ1) is 8.97. The highest BCUT2D eigenvalue weighted by atomic mass is 79.9. The van der Waals surface area contributed by atoms with Gasteiger partial charge in [-0.15, -0.1) is 0 Å². The number of benzene rings is 2. The van der Waals surface area contributed by atoms with Gasteiger partial charge in [-0.05, 0) is 58.7 Å². The summed E-state index contributed by atoms with van der Waals surface area (Å²) in [5, 5.41) is 5.35. The van der Waals surface area contributed by atoms with E-state index < -0.39 is 0 Å². The second-order valence-corrected chi connectivity index (χ2v) is 6.29. The molecular formula is C14H11BrCl3N. The van der Waals surface area contributed by atoms with Gasteiger partial charge >= 0.3 is 0 Å². The number of nitrogens with one attached hydrogen (secondary N) is 1. The van der Waals surface area contributed by atoms with Crippen LogP contribution in [-0.2, 0) is 0 Å². The molecule has 100 valence electrons. The maximum absolute atomic E-state index is 6.20. The Hall–Kier alpha value is -0.410. The van der Waals surface area contributed by atoms with E-state index >= 15 is 0 Å². The largest absolute Gasteiger partial charge is 0.378 e. The molecule has 0 heterocycles. The third-order valence-corrected chi connectivity index (χ3v) is 4.19. The molecule has 0 bridgehead atoms. The molecule has 1 atom stereocenters. The zero-order valence-electron chi connectivity index (χ0n) is 10.1. The summed E-state index contributed by atoms with van der Waals surface area (Å²) in [4.78, 5) is 0. The number of rotatable bonds is 3. The normalized spacial score (nSPS) is 12.3. The third kappa shape index (κ3) is 3.79. The molecule has 0 amide bonds. The Bertz CT molecular complexity index is 601. The molecule has 0 radical (unpaired) electrons. The van der Waals surface area contributed by atoms with Crippen molar-refractivity contribution >= 4 is 56.4 Å². The molecule has 0 spiro atoms. The van der Waals surface area contributed by atoms with Crippen molar-refractivity contribution in [3.8, 4) is 0 Å². The van der Waals surface area contributed by atoms with E-state index in [4.69, 9.17) is 34.8 Å². The van der Waals surface area contributed by atoms with E-state index in [1.165, 1.54) is 0 Å². The Morgan fingerprint density at radius 3 is 2.26 bits per heavy atom. The lowest BCUT2D eigenvalue weighted by Gasteiger charge is -2.18. The number of hydrogen-bond acceptors (Lipinski definition) is 1. The van der Waals surface area contributed by atoms with Crippen LogP contribution in [0.5, 0.6) is 0 Å². The van der Waals surface area contributed by atoms with E-state index in [-0.39, 0.29) is 6.04 Å². The van der Waals surface area contributed by atoms with Crippen LogP contribution >= 0.6 is 50.7 Å². The van der Waals surface area contributed by atoms with E-state index in [1.807, 2.05) is 37.3 Å². The van der Waals surface area contributed by atoms with E-state index in [1.54, 1.807) is 6.07 Å². The molecule has 1 nitrogen and oxygen atoms in total. The van der Waals surface area contributed by atoms with Gasteiger partial charge < -0.3 is 5.32 Å². The van der Waals surface area contributed by atoms with E-state index in [0.29, 0.717) is 15.1 Å². The van der Waals surface area contributed by atoms with Crippen LogP contribution in [-0.4, -0.2) is 0 Å². The fraction of sp³-hybridized carbons (Fsp3) is 0.143. The Morgan fingerprint density at radius 1 is 1.00 bits per heavy atom. The highest BCUT2D eigenvalue weighted by molar-refractivity contribution is 9.10. The van der Waals surface area contributed by atoms with Gasteiger partial charge in [-0.1, -0.05) is 40.9 Å². The summed E-state index contributed by atoms with van der Waals surface area (Å²) in [6, 6.07) is 11.2. The lowest BCUT2D eigenvalue weighted by molar-refractivity contribution is 0.884. The van der Waals surface area contributed by atoms with Crippen LogP contribution in [0.2, 0.25) is 15.1 Å². The van der Waals surface area contributed by atoms with E-state index in [0.717, 1.165) is 15.7 Å². The molecule has 0 aliphatic carbocycles. The minimum absolute atomic E-state index is 0.0576. The number of hydrogen-bond donors (Lipinski definition) is 1. The fourth-order valence-electron chi connectivity index (χ4n) is 1.77. The monoisotopic (exact) mass is 377 g/mol. The second-order valence-electron chi connectivity index (χ2n) is 4.16. The molecule has 2 rings (SSSR count). The maximum atomic E-state index is 6.20. The first kappa shape index (κ1) is 15.0. The molecule has 2 aromatic rings. The van der Waals surface area contributed by atoms with Crippen LogP contribution in [0.15, 0.2) is 40.9 Å². The highest BCUT2D eigenvalue weighted by Crippen LogP contribution is 2.32. The van der Waals surface area contributed by atoms with Crippen LogP contribution in [0.4, 0.5) is 5.69 Å². The van der Waals surface area contributed by atoms with Crippen LogP contribution in [0.1, 0.15) is 18.5 Å². The fourth-order valence-corrected chi connectivity index (χ4v) is 3.14. The lowest BCUT2D eigenvalue weighted by Crippen LogP contribution is -2.07. The zero-order chi connectivity index (χ0) is 14.0. The standard InChI is InChI=1S/C14H11BrCl3N/c1-8(11-4-2-10(17)7-13(11)18)19-14-5-3-9(16)6-12(14)15/h2-8,19H,1H3. The molecule has 5 heteroatoms. The highest BCUT2D eigenvalue weighted by Gasteiger charge is 2.11. The zero-order valence-corrected chi connectivity index (χ0v) is 13.9. The lowest BCUT2D eigenvalue weighted by atomic mass is 10.1. The van der Waals surface area contributed by atoms with E-state index in [9.17, 15) is 0 Å². The minimum atomic E-state index is 0.0576. The van der Waals surface area contributed by atoms with Crippen molar-refractivity contribution in [3.05, 3.63) is 61.5 Å². The summed E-state index contributed by atoms with van der Waals surface area (Å²) in [6.45, 7) is 2.04. The average Bonchev–Trinajstić information content (AvgIpc) is 2.32. The molecule has 0 saturated heterocycles. The van der Waals surface area contributed by atoms with Gasteiger partial charge in [0.25, 0.3) is 0 Å². The van der Waals surface area contributed by atoms with Crippen molar-refractivity contribution < 1.29 is 0 Å². The summed E-state index contributed by atoms with van der Waals surface area (Å²) >= 11 is 21.5. The summed E-state index contributed by atoms with van der Waals surface area (Å²) in [6.07, 6.45) is 0. The molecule has 0 saturated carbocycles. The predicted molar refractivity (Wildman–Crippen MR) is 87.7 cm³/mol. The van der Waals surface area contributed by atoms with Gasteiger partial charge in [0.1, 0.15) is 0 Å². The SMILES string of the molecule is CC(Nc1ccc(Cl)cc1Br)c1ccc(Cl)cc1Cl. The summed E-state index contributed by atoms with van der Waals surface area (Å²) in [5.74, 6) is 0. The molecule has 0 aliphatic heterocycles. The summed E-state index contributed by atoms with van der Waals surface area (Å²) in [5.41, 5.74) is 1.95. The molecule has 1 unspecified atom stereocenters. The third-order valence-electron chi connectivity index (χ3n) is 2.73. The van der Waals surface area contributed by atoms with Crippen molar-refractivity contribution in [1.29, 1.82) is 0 Å². The molecule has 1 N–H and O–H groups in total. The first-order valence-electron chi connectivity index (χ1n) is 5.64. The Balaban J connectivity index is 2.23. The molecule has 0 fully saturated rings. The molecule has 2 aromatic carbocycles. The first-order valence-corrected chi connectivity index (χ1v) is 7.56. The Labute approximate surface area is 136 Å². The quantitative estimate of drug-likeness (QED) is 0.635. The van der Waals surface area contributed by atoms with Gasteiger partial charge in [0.2, 0.25) is 0 Å². The van der Waals surface area contributed by atoms with E-state index in [2.05, 4.69) is 21.2 Å². The second kappa shape index (κ2) is 6.36. The van der Waals surface area contributed by atoms with Crippen LogP contribution < -0.4 is 5.32 Å². The molecule has 0 aliphatic rings. The van der Waals surface area contributed by atoms with Crippen molar-refractivity contribution in [2.75, 3.05) is 5.32 Å². The summed E-state index contributed by atoms with van der Waals surface area (Å²) in [7, 11) is 0. The van der Waals surface area contributed by atoms with Gasteiger partial charge in [-0.25, -0.2) is 0 Å². The topological polar surface area (TPSA) is 12.0 Å². The van der Waals surface area contributed by atoms with Crippen molar-refractivity contribution in [1.82, 2.24) is 0 Å². The van der Waals surface area contributed by atoms with Crippen molar-refractivity contribution in [3.63, 3.8) is 0 Å². The van der Waals surface area contributed by atoms with Crippen LogP contribution in [0.3, 0.4) is 0 Å². The summed E-state index contributed by atoms with van der Waals surface area (Å²) < 4.78 is 0.914. The number of halogens is 4. The van der Waals surface area contributed by atoms with Gasteiger partial charge in [0.05, 0.1) is 6.04 Å². The van der Waals surface area contributed by atoms with Crippen LogP contribution in [0, 0.1) is 0 Å². The Morgan fingerprint density at radius 2 is 1.63 bits per heavy atom. The van der Waals surface area contributed by atoms with Gasteiger partial charge in [-0.3, -0.25) is 0 Å². The van der Waals surface area contributed by atoms with Crippen molar-refractivity contribution in [2.24, 2.45) is 0 Å². The number of anilines is 1. The van der Waals surface area contributed by atoms with Gasteiger partial charge in [-0.2, -0.15) is 0 Å². The molecule has 19 heavy (non-hydrogen) atoms. The van der Waals surface area contributed by atoms with Crippen molar-refractivity contribution in [2.45, 2.75) is 13.0 Å². The molecular weight excluding hydrogens is 368 g/mol. The predicted octanol–water partition coefficient (Wildman–Crippen LogP) is 6.58. The minimum Gasteiger partial charge on any atom is -0.378 e. The average molecular weight is 380 g/mol. The molecule has 0 aromatic heterocycles. The van der Waals surface area contributed by atoms with Gasteiger partial charge in [0, 0.05) is 25.2 Å². The van der Waals surface area contributed by atoms with Gasteiger partial charge in [0.15, 0.2) is 0 Å². The Kier molecular flexibility index (Phi) is 5.02.